The summed E-state index contributed by atoms with van der Waals surface area (Å²) in [6.45, 7) is 3.99. The van der Waals surface area contributed by atoms with Crippen LogP contribution >= 0.6 is 0 Å². The average Bonchev–Trinajstić information content (AvgIpc) is 3.53. The van der Waals surface area contributed by atoms with E-state index < -0.39 is 6.10 Å². The summed E-state index contributed by atoms with van der Waals surface area (Å²) in [6, 6.07) is 9.87. The summed E-state index contributed by atoms with van der Waals surface area (Å²) in [4.78, 5) is 15.2. The fourth-order valence-corrected chi connectivity index (χ4v) is 4.91. The third-order valence-corrected chi connectivity index (χ3v) is 6.79. The number of carbonyl (C=O) groups excluding carboxylic acids is 1. The smallest absolute Gasteiger partial charge is 0.237 e. The monoisotopic (exact) mass is 441 g/mol. The van der Waals surface area contributed by atoms with Gasteiger partial charge in [-0.2, -0.15) is 5.10 Å². The third kappa shape index (κ3) is 5.04. The lowest BCUT2D eigenvalue weighted by Gasteiger charge is -2.31. The Hall–Kier alpha value is -2.26. The first kappa shape index (κ1) is 22.9. The second kappa shape index (κ2) is 10.1. The molecule has 3 N–H and O–H groups in total. The zero-order valence-electron chi connectivity index (χ0n) is 19.2. The summed E-state index contributed by atoms with van der Waals surface area (Å²) in [5, 5.41) is 21.0. The van der Waals surface area contributed by atoms with Crippen molar-refractivity contribution in [2.45, 2.75) is 56.5 Å². The van der Waals surface area contributed by atoms with Crippen LogP contribution in [0.25, 0.3) is 11.3 Å². The van der Waals surface area contributed by atoms with Gasteiger partial charge in [-0.25, -0.2) is 0 Å². The van der Waals surface area contributed by atoms with Gasteiger partial charge in [0.1, 0.15) is 0 Å². The molecule has 1 aromatic carbocycles. The van der Waals surface area contributed by atoms with Crippen molar-refractivity contribution in [3.63, 3.8) is 0 Å². The number of nitrogens with zero attached hydrogens (tertiary/aromatic N) is 3. The molecule has 8 nitrogen and oxygen atoms in total. The molecule has 4 rings (SSSR count). The minimum Gasteiger partial charge on any atom is -0.392 e. The van der Waals surface area contributed by atoms with Gasteiger partial charge in [-0.15, -0.1) is 0 Å². The van der Waals surface area contributed by atoms with Gasteiger partial charge in [0.2, 0.25) is 5.91 Å². The van der Waals surface area contributed by atoms with Gasteiger partial charge < -0.3 is 20.5 Å². The van der Waals surface area contributed by atoms with Gasteiger partial charge in [0.15, 0.2) is 0 Å². The van der Waals surface area contributed by atoms with Crippen molar-refractivity contribution >= 4 is 5.91 Å². The van der Waals surface area contributed by atoms with Crippen LogP contribution in [0.2, 0.25) is 0 Å². The highest BCUT2D eigenvalue weighted by Crippen LogP contribution is 2.24. The standard InChI is InChI=1S/C24H35N5O3/c1-16(17-6-8-18(9-7-17)21-10-11-26-28(21)3)27-24(31)22-13-19(30)14-29(22)15-20(25-2)23-5-4-12-32-23/h6-11,16,19-20,22-23,25,30H,4-5,12-15H2,1-3H3,(H,27,31)/t16-,19+,20?,22-,23-/m0/s1. The molecule has 0 saturated carbocycles. The number of aromatic nitrogens is 2. The molecule has 1 aromatic heterocycles. The molecule has 2 saturated heterocycles. The van der Waals surface area contributed by atoms with E-state index in [9.17, 15) is 9.90 Å². The van der Waals surface area contributed by atoms with E-state index in [-0.39, 0.29) is 30.1 Å². The van der Waals surface area contributed by atoms with Gasteiger partial charge in [-0.3, -0.25) is 14.4 Å². The SMILES string of the molecule is CNC(CN1C[C@H](O)C[C@H]1C(=O)N[C@@H](C)c1ccc(-c2ccnn2C)cc1)[C@@H]1CCCO1. The number of β-amino-alcohol motifs (C(OH)–C–C–N with tert-alkyl or cyclic N) is 1. The molecule has 5 atom stereocenters. The van der Waals surface area contributed by atoms with Crippen LogP contribution in [-0.2, 0) is 16.6 Å². The molecule has 2 aliphatic rings. The second-order valence-electron chi connectivity index (χ2n) is 9.00. The molecule has 2 aromatic rings. The van der Waals surface area contributed by atoms with E-state index in [1.807, 2.05) is 43.9 Å². The maximum atomic E-state index is 13.1. The molecule has 2 fully saturated rings. The van der Waals surface area contributed by atoms with Crippen molar-refractivity contribution in [3.05, 3.63) is 42.1 Å². The van der Waals surface area contributed by atoms with E-state index in [0.29, 0.717) is 19.5 Å². The van der Waals surface area contributed by atoms with Gasteiger partial charge in [0.25, 0.3) is 0 Å². The minimum atomic E-state index is -0.485. The molecule has 0 radical (unpaired) electrons. The van der Waals surface area contributed by atoms with E-state index >= 15 is 0 Å². The van der Waals surface area contributed by atoms with Gasteiger partial charge in [-0.1, -0.05) is 24.3 Å². The average molecular weight is 442 g/mol. The van der Waals surface area contributed by atoms with Gasteiger partial charge in [0, 0.05) is 39.0 Å². The quantitative estimate of drug-likeness (QED) is 0.575. The van der Waals surface area contributed by atoms with E-state index in [0.717, 1.165) is 36.3 Å². The predicted octanol–water partition coefficient (Wildman–Crippen LogP) is 1.47. The molecule has 32 heavy (non-hydrogen) atoms. The Morgan fingerprint density at radius 2 is 2.09 bits per heavy atom. The van der Waals surface area contributed by atoms with Gasteiger partial charge in [0.05, 0.1) is 30.0 Å². The molecule has 8 heteroatoms. The first-order valence-corrected chi connectivity index (χ1v) is 11.6. The number of aryl methyl sites for hydroxylation is 1. The highest BCUT2D eigenvalue weighted by molar-refractivity contribution is 5.82. The number of carbonyl (C=O) groups is 1. The number of rotatable bonds is 8. The Morgan fingerprint density at radius 3 is 2.72 bits per heavy atom. The molecular formula is C24H35N5O3. The Bertz CT molecular complexity index is 893. The van der Waals surface area contributed by atoms with Crippen LogP contribution in [0.4, 0.5) is 0 Å². The zero-order chi connectivity index (χ0) is 22.7. The van der Waals surface area contributed by atoms with Crippen molar-refractivity contribution in [1.82, 2.24) is 25.3 Å². The fraction of sp³-hybridized carbons (Fsp3) is 0.583. The van der Waals surface area contributed by atoms with Crippen LogP contribution < -0.4 is 10.6 Å². The summed E-state index contributed by atoms with van der Waals surface area (Å²) in [5.41, 5.74) is 3.18. The maximum absolute atomic E-state index is 13.1. The number of ether oxygens (including phenoxy) is 1. The van der Waals surface area contributed by atoms with Crippen LogP contribution in [0.15, 0.2) is 36.5 Å². The topological polar surface area (TPSA) is 91.6 Å². The number of amides is 1. The zero-order valence-corrected chi connectivity index (χ0v) is 19.2. The largest absolute Gasteiger partial charge is 0.392 e. The van der Waals surface area contributed by atoms with Crippen molar-refractivity contribution < 1.29 is 14.6 Å². The molecule has 2 aliphatic heterocycles. The summed E-state index contributed by atoms with van der Waals surface area (Å²) in [5.74, 6) is -0.0352. The first-order valence-electron chi connectivity index (χ1n) is 11.6. The molecule has 1 amide bonds. The summed E-state index contributed by atoms with van der Waals surface area (Å²) in [6.07, 6.45) is 4.03. The first-order chi connectivity index (χ1) is 15.5. The van der Waals surface area contributed by atoms with E-state index in [1.54, 1.807) is 6.20 Å². The molecular weight excluding hydrogens is 406 g/mol. The normalized spacial score (nSPS) is 25.7. The predicted molar refractivity (Wildman–Crippen MR) is 123 cm³/mol. The lowest BCUT2D eigenvalue weighted by Crippen LogP contribution is -2.51. The highest BCUT2D eigenvalue weighted by atomic mass is 16.5. The number of hydrogen-bond donors (Lipinski definition) is 3. The molecule has 0 aliphatic carbocycles. The summed E-state index contributed by atoms with van der Waals surface area (Å²) >= 11 is 0. The Balaban J connectivity index is 1.38. The Kier molecular flexibility index (Phi) is 7.25. The summed E-state index contributed by atoms with van der Waals surface area (Å²) < 4.78 is 7.69. The maximum Gasteiger partial charge on any atom is 0.237 e. The number of hydrogen-bond acceptors (Lipinski definition) is 6. The molecule has 174 valence electrons. The molecule has 0 bridgehead atoms. The van der Waals surface area contributed by atoms with Crippen molar-refractivity contribution in [1.29, 1.82) is 0 Å². The Labute approximate surface area is 189 Å². The number of benzene rings is 1. The number of aliphatic hydroxyl groups is 1. The number of nitrogens with one attached hydrogen (secondary N) is 2. The lowest BCUT2D eigenvalue weighted by molar-refractivity contribution is -0.126. The van der Waals surface area contributed by atoms with E-state index in [2.05, 4.69) is 32.8 Å². The van der Waals surface area contributed by atoms with Gasteiger partial charge in [-0.05, 0) is 50.4 Å². The number of aliphatic hydroxyl groups excluding tert-OH is 1. The lowest BCUT2D eigenvalue weighted by atomic mass is 10.0. The third-order valence-electron chi connectivity index (χ3n) is 6.79. The van der Waals surface area contributed by atoms with Crippen LogP contribution in [-0.4, -0.2) is 76.7 Å². The van der Waals surface area contributed by atoms with E-state index in [4.69, 9.17) is 4.74 Å². The number of likely N-dealkylation sites (N-methyl/N-ethyl adjacent to an activating group) is 1. The number of likely N-dealkylation sites (tertiary alicyclic amines) is 1. The summed E-state index contributed by atoms with van der Waals surface area (Å²) in [7, 11) is 3.86. The van der Waals surface area contributed by atoms with Crippen LogP contribution in [0, 0.1) is 0 Å². The van der Waals surface area contributed by atoms with Crippen LogP contribution in [0.1, 0.15) is 37.8 Å². The van der Waals surface area contributed by atoms with Gasteiger partial charge >= 0.3 is 0 Å². The fourth-order valence-electron chi connectivity index (χ4n) is 4.91. The van der Waals surface area contributed by atoms with E-state index in [1.165, 1.54) is 0 Å². The second-order valence-corrected chi connectivity index (χ2v) is 9.00. The molecule has 0 spiro atoms. The molecule has 3 heterocycles. The van der Waals surface area contributed by atoms with Crippen LogP contribution in [0.3, 0.4) is 0 Å². The van der Waals surface area contributed by atoms with Crippen LogP contribution in [0.5, 0.6) is 0 Å². The van der Waals surface area contributed by atoms with Crippen molar-refractivity contribution in [3.8, 4) is 11.3 Å². The minimum absolute atomic E-state index is 0.0352. The highest BCUT2D eigenvalue weighted by Gasteiger charge is 2.38. The van der Waals surface area contributed by atoms with Crippen molar-refractivity contribution in [2.75, 3.05) is 26.7 Å². The van der Waals surface area contributed by atoms with Crippen molar-refractivity contribution in [2.24, 2.45) is 7.05 Å². The molecule has 1 unspecified atom stereocenters. The Morgan fingerprint density at radius 1 is 1.31 bits per heavy atom.